The first-order valence-corrected chi connectivity index (χ1v) is 5.01. The molecule has 88 valence electrons. The van der Waals surface area contributed by atoms with Crippen LogP contribution in [0.3, 0.4) is 0 Å². The van der Waals surface area contributed by atoms with Crippen molar-refractivity contribution in [1.82, 2.24) is 20.8 Å². The Kier molecular flexibility index (Phi) is 4.71. The minimum Gasteiger partial charge on any atom is -0.340 e. The molecule has 3 amide bonds. The summed E-state index contributed by atoms with van der Waals surface area (Å²) in [5, 5.41) is 7.18. The molecule has 8 heteroatoms. The molecule has 0 saturated heterocycles. The van der Waals surface area contributed by atoms with E-state index in [1.807, 2.05) is 0 Å². The van der Waals surface area contributed by atoms with Gasteiger partial charge in [0.05, 0.1) is 0 Å². The second-order valence-corrected chi connectivity index (χ2v) is 3.60. The summed E-state index contributed by atoms with van der Waals surface area (Å²) in [5.41, 5.74) is 0. The standard InChI is InChI=1S/C8H11ClN4O3/c1-5(9)7(14)13-8(15)10-3-2-6-11-4-12-16-6/h4-5H,2-3H2,1H3,(H2,10,13,14,15). The first-order chi connectivity index (χ1) is 7.59. The van der Waals surface area contributed by atoms with Gasteiger partial charge in [-0.3, -0.25) is 10.1 Å². The zero-order valence-electron chi connectivity index (χ0n) is 8.57. The number of carbonyl (C=O) groups is 2. The maximum Gasteiger partial charge on any atom is 0.321 e. The van der Waals surface area contributed by atoms with Gasteiger partial charge < -0.3 is 9.84 Å². The number of carbonyl (C=O) groups excluding carboxylic acids is 2. The number of alkyl halides is 1. The number of amides is 3. The molecule has 1 heterocycles. The predicted octanol–water partition coefficient (Wildman–Crippen LogP) is 0.0652. The van der Waals surface area contributed by atoms with E-state index >= 15 is 0 Å². The van der Waals surface area contributed by atoms with Crippen LogP contribution >= 0.6 is 11.6 Å². The second kappa shape index (κ2) is 6.06. The van der Waals surface area contributed by atoms with Crippen LogP contribution in [0.1, 0.15) is 12.8 Å². The number of imide groups is 1. The Morgan fingerprint density at radius 3 is 2.94 bits per heavy atom. The van der Waals surface area contributed by atoms with Crippen molar-refractivity contribution in [2.24, 2.45) is 0 Å². The minimum absolute atomic E-state index is 0.290. The van der Waals surface area contributed by atoms with E-state index in [-0.39, 0.29) is 6.54 Å². The molecule has 0 spiro atoms. The van der Waals surface area contributed by atoms with Gasteiger partial charge >= 0.3 is 6.03 Å². The Balaban J connectivity index is 2.18. The van der Waals surface area contributed by atoms with Crippen LogP contribution in [0.4, 0.5) is 4.79 Å². The third kappa shape index (κ3) is 4.26. The Morgan fingerprint density at radius 1 is 1.62 bits per heavy atom. The van der Waals surface area contributed by atoms with Gasteiger partial charge in [0, 0.05) is 13.0 Å². The summed E-state index contributed by atoms with van der Waals surface area (Å²) in [6.45, 7) is 1.76. The maximum atomic E-state index is 11.1. The molecule has 0 aliphatic carbocycles. The van der Waals surface area contributed by atoms with E-state index in [2.05, 4.69) is 20.8 Å². The highest BCUT2D eigenvalue weighted by Gasteiger charge is 2.12. The van der Waals surface area contributed by atoms with Crippen LogP contribution in [0.15, 0.2) is 10.9 Å². The van der Waals surface area contributed by atoms with Crippen LogP contribution in [-0.2, 0) is 11.2 Å². The van der Waals surface area contributed by atoms with Crippen molar-refractivity contribution in [3.63, 3.8) is 0 Å². The van der Waals surface area contributed by atoms with Crippen LogP contribution < -0.4 is 10.6 Å². The highest BCUT2D eigenvalue weighted by molar-refractivity contribution is 6.31. The van der Waals surface area contributed by atoms with Crippen molar-refractivity contribution in [3.8, 4) is 0 Å². The van der Waals surface area contributed by atoms with Gasteiger partial charge in [0.1, 0.15) is 5.38 Å². The van der Waals surface area contributed by atoms with Crippen molar-refractivity contribution in [1.29, 1.82) is 0 Å². The average molecular weight is 247 g/mol. The fourth-order valence-electron chi connectivity index (χ4n) is 0.845. The summed E-state index contributed by atoms with van der Waals surface area (Å²) >= 11 is 5.46. The van der Waals surface area contributed by atoms with Gasteiger partial charge in [-0.2, -0.15) is 4.98 Å². The van der Waals surface area contributed by atoms with Crippen LogP contribution in [0, 0.1) is 0 Å². The quantitative estimate of drug-likeness (QED) is 0.733. The van der Waals surface area contributed by atoms with Crippen molar-refractivity contribution in [3.05, 3.63) is 12.2 Å². The maximum absolute atomic E-state index is 11.1. The highest BCUT2D eigenvalue weighted by atomic mass is 35.5. The molecule has 1 aromatic rings. The van der Waals surface area contributed by atoms with Crippen LogP contribution in [0.5, 0.6) is 0 Å². The van der Waals surface area contributed by atoms with Crippen molar-refractivity contribution in [2.45, 2.75) is 18.7 Å². The van der Waals surface area contributed by atoms with E-state index in [0.717, 1.165) is 0 Å². The number of hydrogen-bond donors (Lipinski definition) is 2. The molecule has 2 N–H and O–H groups in total. The van der Waals surface area contributed by atoms with E-state index in [9.17, 15) is 9.59 Å². The summed E-state index contributed by atoms with van der Waals surface area (Å²) in [4.78, 5) is 25.9. The largest absolute Gasteiger partial charge is 0.340 e. The number of rotatable bonds is 4. The van der Waals surface area contributed by atoms with Gasteiger partial charge in [0.15, 0.2) is 6.33 Å². The number of nitrogens with one attached hydrogen (secondary N) is 2. The van der Waals surface area contributed by atoms with Crippen LogP contribution in [0.25, 0.3) is 0 Å². The molecule has 16 heavy (non-hydrogen) atoms. The smallest absolute Gasteiger partial charge is 0.321 e. The summed E-state index contributed by atoms with van der Waals surface area (Å²) in [6, 6.07) is -0.600. The third-order valence-corrected chi connectivity index (χ3v) is 1.83. The van der Waals surface area contributed by atoms with E-state index in [4.69, 9.17) is 16.1 Å². The van der Waals surface area contributed by atoms with Crippen LogP contribution in [0.2, 0.25) is 0 Å². The molecule has 1 unspecified atom stereocenters. The summed E-state index contributed by atoms with van der Waals surface area (Å²) in [5.74, 6) is -0.130. The third-order valence-electron chi connectivity index (χ3n) is 1.63. The van der Waals surface area contributed by atoms with Gasteiger partial charge in [-0.25, -0.2) is 4.79 Å². The van der Waals surface area contributed by atoms with Crippen molar-refractivity contribution >= 4 is 23.5 Å². The number of urea groups is 1. The number of aromatic nitrogens is 2. The number of hydrogen-bond acceptors (Lipinski definition) is 5. The molecule has 0 bridgehead atoms. The van der Waals surface area contributed by atoms with Gasteiger partial charge in [-0.15, -0.1) is 11.6 Å². The molecule has 0 aliphatic heterocycles. The topological polar surface area (TPSA) is 97.1 Å². The average Bonchev–Trinajstić information content (AvgIpc) is 2.70. The molecule has 0 fully saturated rings. The molecule has 7 nitrogen and oxygen atoms in total. The lowest BCUT2D eigenvalue weighted by Crippen LogP contribution is -2.42. The molecule has 0 radical (unpaired) electrons. The molecule has 1 rings (SSSR count). The lowest BCUT2D eigenvalue weighted by atomic mass is 10.4. The Hall–Kier alpha value is -1.63. The Morgan fingerprint density at radius 2 is 2.38 bits per heavy atom. The molecule has 0 saturated carbocycles. The molecule has 1 aromatic heterocycles. The normalized spacial score (nSPS) is 11.9. The SMILES string of the molecule is CC(Cl)C(=O)NC(=O)NCCc1ncno1. The van der Waals surface area contributed by atoms with E-state index in [1.54, 1.807) is 0 Å². The summed E-state index contributed by atoms with van der Waals surface area (Å²) in [6.07, 6.45) is 1.67. The van der Waals surface area contributed by atoms with Crippen molar-refractivity contribution < 1.29 is 14.1 Å². The van der Waals surface area contributed by atoms with E-state index in [1.165, 1.54) is 13.3 Å². The first kappa shape index (κ1) is 12.4. The lowest BCUT2D eigenvalue weighted by Gasteiger charge is -2.06. The predicted molar refractivity (Wildman–Crippen MR) is 54.9 cm³/mol. The summed E-state index contributed by atoms with van der Waals surface area (Å²) in [7, 11) is 0. The zero-order valence-corrected chi connectivity index (χ0v) is 9.32. The lowest BCUT2D eigenvalue weighted by molar-refractivity contribution is -0.119. The number of halogens is 1. The highest BCUT2D eigenvalue weighted by Crippen LogP contribution is 1.92. The van der Waals surface area contributed by atoms with E-state index in [0.29, 0.717) is 12.3 Å². The monoisotopic (exact) mass is 246 g/mol. The molecule has 1 atom stereocenters. The van der Waals surface area contributed by atoms with E-state index < -0.39 is 17.3 Å². The minimum atomic E-state index is -0.748. The second-order valence-electron chi connectivity index (χ2n) is 2.95. The Bertz CT molecular complexity index is 352. The van der Waals surface area contributed by atoms with Gasteiger partial charge in [-0.05, 0) is 6.92 Å². The number of nitrogens with zero attached hydrogens (tertiary/aromatic N) is 2. The molecular weight excluding hydrogens is 236 g/mol. The fraction of sp³-hybridized carbons (Fsp3) is 0.500. The molecule has 0 aliphatic rings. The van der Waals surface area contributed by atoms with Gasteiger partial charge in [0.25, 0.3) is 0 Å². The molecular formula is C8H11ClN4O3. The van der Waals surface area contributed by atoms with Gasteiger partial charge in [-0.1, -0.05) is 5.16 Å². The Labute approximate surface area is 96.5 Å². The summed E-state index contributed by atoms with van der Waals surface area (Å²) < 4.78 is 4.71. The molecule has 0 aromatic carbocycles. The van der Waals surface area contributed by atoms with Crippen LogP contribution in [-0.4, -0.2) is 34.0 Å². The van der Waals surface area contributed by atoms with Gasteiger partial charge in [0.2, 0.25) is 11.8 Å². The van der Waals surface area contributed by atoms with Crippen molar-refractivity contribution in [2.75, 3.05) is 6.54 Å². The zero-order chi connectivity index (χ0) is 12.0. The fourth-order valence-corrected chi connectivity index (χ4v) is 0.899. The first-order valence-electron chi connectivity index (χ1n) is 4.58.